The van der Waals surface area contributed by atoms with Crippen LogP contribution in [0.1, 0.15) is 234 Å². The lowest BCUT2D eigenvalue weighted by atomic mass is 10.1. The molecule has 35 heteroatoms. The molecule has 14 N–H and O–H groups in total. The highest BCUT2D eigenvalue weighted by Gasteiger charge is 2.33. The van der Waals surface area contributed by atoms with Crippen molar-refractivity contribution in [2.75, 3.05) is 36.7 Å². The molecule has 5 amide bonds. The lowest BCUT2D eigenvalue weighted by Gasteiger charge is -2.22. The lowest BCUT2D eigenvalue weighted by Crippen LogP contribution is -2.43. The summed E-state index contributed by atoms with van der Waals surface area (Å²) >= 11 is 0. The van der Waals surface area contributed by atoms with Gasteiger partial charge in [-0.05, 0) is 138 Å². The molecule has 4 aromatic carbocycles. The second kappa shape index (κ2) is 46.8. The Balaban J connectivity index is 0.000000684. The molecule has 0 spiro atoms. The zero-order valence-corrected chi connectivity index (χ0v) is 66.6. The first-order valence-corrected chi connectivity index (χ1v) is 35.5. The van der Waals surface area contributed by atoms with E-state index in [1.807, 2.05) is 62.3 Å². The van der Waals surface area contributed by atoms with Crippen LogP contribution in [0.25, 0.3) is 0 Å². The van der Waals surface area contributed by atoms with Gasteiger partial charge in [0.15, 0.2) is 11.5 Å². The minimum atomic E-state index is -1.06. The van der Waals surface area contributed by atoms with E-state index in [1.165, 1.54) is 31.4 Å². The van der Waals surface area contributed by atoms with E-state index in [2.05, 4.69) is 75.8 Å². The molecule has 620 valence electrons. The number of carbonyl (C=O) groups is 7. The Hall–Kier alpha value is -11.8. The molecule has 2 aliphatic heterocycles. The summed E-state index contributed by atoms with van der Waals surface area (Å²) in [5.41, 5.74) is 6.76. The first-order valence-electron chi connectivity index (χ1n) is 35.5. The molecule has 9 rings (SSSR count). The summed E-state index contributed by atoms with van der Waals surface area (Å²) < 4.78 is 64.3. The van der Waals surface area contributed by atoms with Gasteiger partial charge in [-0.1, -0.05) is 60.1 Å². The van der Waals surface area contributed by atoms with Crippen molar-refractivity contribution < 1.29 is 84.8 Å². The highest BCUT2D eigenvalue weighted by molar-refractivity contribution is 6.05. The van der Waals surface area contributed by atoms with Crippen molar-refractivity contribution in [1.82, 2.24) is 41.5 Å². The van der Waals surface area contributed by atoms with Crippen molar-refractivity contribution in [3.05, 3.63) is 153 Å². The van der Waals surface area contributed by atoms with Crippen LogP contribution >= 0.6 is 0 Å². The first kappa shape index (κ1) is 99.2. The van der Waals surface area contributed by atoms with Gasteiger partial charge in [0.05, 0.1) is 66.8 Å². The minimum absolute atomic E-state index is 0. The van der Waals surface area contributed by atoms with Gasteiger partial charge >= 0.3 is 24.2 Å². The van der Waals surface area contributed by atoms with E-state index in [-0.39, 0.29) is 83.6 Å². The average molecular weight is 1590 g/mol. The van der Waals surface area contributed by atoms with Crippen LogP contribution in [0.15, 0.2) is 75.3 Å². The second-order valence-corrected chi connectivity index (χ2v) is 27.3. The Morgan fingerprint density at radius 3 is 1.30 bits per heavy atom. The number of carboxylic acids is 1. The highest BCUT2D eigenvalue weighted by Crippen LogP contribution is 2.34. The average Bonchev–Trinajstić information content (AvgIpc) is 1.75. The van der Waals surface area contributed by atoms with Gasteiger partial charge in [-0.3, -0.25) is 33.6 Å². The number of aliphatic hydroxyl groups is 1. The van der Waals surface area contributed by atoms with Crippen LogP contribution in [0.4, 0.5) is 51.6 Å². The number of aliphatic hydroxyl groups excluding tert-OH is 1. The second-order valence-electron chi connectivity index (χ2n) is 27.3. The number of Topliss-reactive ketones (excluding diaryl/α,β-unsaturated/α-hetero) is 1. The number of nitrogens with one attached hydrogen (secondary N) is 8. The van der Waals surface area contributed by atoms with Crippen molar-refractivity contribution in [2.24, 2.45) is 11.5 Å². The summed E-state index contributed by atoms with van der Waals surface area (Å²) in [6, 6.07) is 3.27. The number of carboxylic acid groups (broad SMARTS) is 1. The monoisotopic (exact) mass is 1590 g/mol. The predicted octanol–water partition coefficient (Wildman–Crippen LogP) is 10.5. The minimum Gasteiger partial charge on any atom is -0.491 e. The topological polar surface area (TPSA) is 492 Å². The number of hydrogen-bond acceptors (Lipinski definition) is 27. The zero-order valence-electron chi connectivity index (χ0n) is 66.6. The predicted molar refractivity (Wildman–Crippen MR) is 421 cm³/mol. The molecular weight excluding hydrogens is 1480 g/mol. The number of fused-ring (bicyclic) bond motifs is 2. The number of nitrogens with zero attached hydrogens (tertiary/aromatic N) is 3. The number of rotatable bonds is 22. The number of oxazole rings is 3. The van der Waals surface area contributed by atoms with Crippen LogP contribution in [-0.2, 0) is 36.9 Å². The standard InChI is InChI=1S/C19H17FN4O4.C13H9FN2O4.C13H21NO3.C12H20N2O3.C9H17NO4.C7H12N2O.C3H5N.CH4O.CH4/c1-3-11(19-22-6-8(2)28-19)23-14-15(17(26)16(14)25)24-13-10(20)5-4-9-7-21-18(27)12(9)13;1-20-12-9(10(17)11(12)18)16-8-6(14)3-2-5-4-15-13(19)7(5)8;1-6-8-9-11(15)10(7-2)14-12(16)17-13(3,4)5;1-6-9(10-13-7-8(2)16-10)14-11(15)17-12(3,4)5;1-5-6(7(11)12)10-8(13)14-9(2,3)4;1-3-6(8)7-9-4-5(2)10-7;1-2-3-4;1-2;/h4-6,11,23-24H,3,7H2,1-2H3,(H,21,27);2-3,16H,4H2,1H3,(H,15,19);1,10H,7-9H2,2-5H3,(H,14,16);7,9H,6H2,1-5H3,(H,14,15);6H,5H2,1-4H3,(H,10,13)(H,11,12);4,6H,3,8H2,1-2H3;1H,3-4H2;2H,1H3;1H4/t11-;;10-;9-;2*6-;;;/m1.1111.../s1. The maximum atomic E-state index is 14.4. The lowest BCUT2D eigenvalue weighted by molar-refractivity contribution is -0.139. The van der Waals surface area contributed by atoms with Crippen LogP contribution in [-0.4, -0.2) is 117 Å². The third-order valence-electron chi connectivity index (χ3n) is 14.9. The molecule has 5 atom stereocenters. The maximum Gasteiger partial charge on any atom is 0.408 e. The van der Waals surface area contributed by atoms with Gasteiger partial charge in [-0.2, -0.15) is 0 Å². The number of nitrogens with two attached hydrogens (primary N) is 2. The molecule has 0 unspecified atom stereocenters. The van der Waals surface area contributed by atoms with Gasteiger partial charge in [-0.15, -0.1) is 18.8 Å². The van der Waals surface area contributed by atoms with Gasteiger partial charge in [0.25, 0.3) is 33.5 Å². The molecule has 0 saturated heterocycles. The SMILES string of the molecule is C.C#CCCC(=O)[C@@H](CC)NC(=O)OC(C)(C)C.C#CCN.CC[C@@H](N)c1ncc(C)o1.CC[C@@H](NC(=O)OC(C)(C)C)C(=O)O.CC[C@@H](NC(=O)OC(C)(C)C)c1ncc(C)o1.CC[C@@H](Nc1c(Nc2c(F)ccc3c2C(=O)NC3)c(=O)c1=O)c1ncc(C)o1.CO.COc1c(Nc2c(F)ccc3c2C(=O)NC3)c(=O)c1=O. The fraction of sp³-hybridized carbons (Fsp3) is 0.487. The fourth-order valence-electron chi connectivity index (χ4n) is 9.51. The number of amides is 5. The molecule has 2 aliphatic rings. The van der Waals surface area contributed by atoms with E-state index in [4.69, 9.17) is 60.3 Å². The molecule has 0 saturated carbocycles. The van der Waals surface area contributed by atoms with Crippen LogP contribution in [0.3, 0.4) is 0 Å². The molecule has 33 nitrogen and oxygen atoms in total. The Morgan fingerprint density at radius 2 is 0.947 bits per heavy atom. The van der Waals surface area contributed by atoms with E-state index in [1.54, 1.807) is 74.0 Å². The third kappa shape index (κ3) is 31.5. The van der Waals surface area contributed by atoms with E-state index in [0.29, 0.717) is 79.8 Å². The number of halogens is 2. The Labute approximate surface area is 655 Å². The number of methoxy groups -OCH3 is 1. The molecule has 5 heterocycles. The van der Waals surface area contributed by atoms with Crippen LogP contribution in [0.5, 0.6) is 5.75 Å². The smallest absolute Gasteiger partial charge is 0.408 e. The number of carbonyl (C=O) groups excluding carboxylic acids is 6. The van der Waals surface area contributed by atoms with Crippen LogP contribution in [0, 0.1) is 57.1 Å². The number of benzene rings is 2. The van der Waals surface area contributed by atoms with Crippen molar-refractivity contribution in [3.8, 4) is 30.4 Å². The van der Waals surface area contributed by atoms with E-state index in [9.17, 15) is 61.5 Å². The van der Waals surface area contributed by atoms with E-state index in [0.717, 1.165) is 25.1 Å². The number of ketones is 1. The van der Waals surface area contributed by atoms with Crippen molar-refractivity contribution >= 4 is 70.3 Å². The van der Waals surface area contributed by atoms with Gasteiger partial charge in [0.1, 0.15) is 80.9 Å². The largest absolute Gasteiger partial charge is 0.491 e. The number of aliphatic carboxylic acids is 1. The Morgan fingerprint density at radius 1 is 0.566 bits per heavy atom. The number of terminal acetylenes is 2. The van der Waals surface area contributed by atoms with Crippen LogP contribution in [0.2, 0.25) is 0 Å². The molecular formula is C78H109F2N13O20. The molecule has 0 aliphatic carbocycles. The zero-order chi connectivity index (χ0) is 85.3. The summed E-state index contributed by atoms with van der Waals surface area (Å²) in [6.07, 6.45) is 16.5. The van der Waals surface area contributed by atoms with E-state index >= 15 is 0 Å². The quantitative estimate of drug-likeness (QED) is 0.0170. The van der Waals surface area contributed by atoms with Gasteiger partial charge in [0, 0.05) is 33.0 Å². The number of alkyl carbamates (subject to hydrolysis) is 3. The Kier molecular flexibility index (Phi) is 41.0. The van der Waals surface area contributed by atoms with Crippen molar-refractivity contribution in [2.45, 2.75) is 230 Å². The van der Waals surface area contributed by atoms with Crippen molar-refractivity contribution in [1.29, 1.82) is 0 Å². The molecule has 3 aromatic heterocycles. The molecule has 0 bridgehead atoms. The van der Waals surface area contributed by atoms with Gasteiger partial charge in [-0.25, -0.2) is 42.9 Å². The number of hydrogen-bond donors (Lipinski definition) is 12. The highest BCUT2D eigenvalue weighted by atomic mass is 19.1. The first-order chi connectivity index (χ1) is 52.5. The normalized spacial score (nSPS) is 12.7. The van der Waals surface area contributed by atoms with Gasteiger partial charge < -0.3 is 96.4 Å². The summed E-state index contributed by atoms with van der Waals surface area (Å²) in [7, 11) is 2.24. The Bertz CT molecular complexity index is 4530. The molecule has 0 fully saturated rings. The summed E-state index contributed by atoms with van der Waals surface area (Å²) in [5.74, 6) is 4.78. The van der Waals surface area contributed by atoms with Gasteiger partial charge in [0.2, 0.25) is 17.7 Å². The fourth-order valence-corrected chi connectivity index (χ4v) is 9.51. The number of aromatic nitrogens is 3. The van der Waals surface area contributed by atoms with E-state index < -0.39 is 104 Å². The molecule has 7 aromatic rings. The number of aryl methyl sites for hydroxylation is 3. The molecule has 0 radical (unpaired) electrons. The van der Waals surface area contributed by atoms with Crippen molar-refractivity contribution in [3.63, 3.8) is 0 Å². The maximum absolute atomic E-state index is 14.4. The molecule has 113 heavy (non-hydrogen) atoms. The third-order valence-corrected chi connectivity index (χ3v) is 14.9. The summed E-state index contributed by atoms with van der Waals surface area (Å²) in [5, 5.41) is 36.5. The number of anilines is 5. The van der Waals surface area contributed by atoms with Crippen LogP contribution < -0.4 is 80.5 Å². The number of ether oxygens (including phenoxy) is 4. The summed E-state index contributed by atoms with van der Waals surface area (Å²) in [4.78, 5) is 139. The summed E-state index contributed by atoms with van der Waals surface area (Å²) in [6.45, 7) is 31.6.